The number of carboxylic acid groups (broad SMARTS) is 1. The normalized spacial score (nSPS) is 23.9. The zero-order valence-electron chi connectivity index (χ0n) is 11.8. The van der Waals surface area contributed by atoms with Crippen LogP contribution in [0.5, 0.6) is 0 Å². The molecule has 0 aromatic carbocycles. The van der Waals surface area contributed by atoms with E-state index >= 15 is 0 Å². The number of fused-ring (bicyclic) bond motifs is 1. The first kappa shape index (κ1) is 14.6. The van der Waals surface area contributed by atoms with E-state index in [2.05, 4.69) is 5.32 Å². The molecular weight excluding hydrogens is 308 g/mol. The van der Waals surface area contributed by atoms with Crippen LogP contribution in [0.25, 0.3) is 0 Å². The van der Waals surface area contributed by atoms with Gasteiger partial charge in [0.2, 0.25) is 6.41 Å². The highest BCUT2D eigenvalue weighted by atomic mass is 32.2. The summed E-state index contributed by atoms with van der Waals surface area (Å²) in [6.45, 7) is 0.403. The summed E-state index contributed by atoms with van der Waals surface area (Å²) in [6.07, 6.45) is 4.18. The van der Waals surface area contributed by atoms with Crippen LogP contribution in [0.1, 0.15) is 0 Å². The molecule has 3 rings (SSSR count). The van der Waals surface area contributed by atoms with Gasteiger partial charge >= 0.3 is 5.97 Å². The number of nitrogens with one attached hydrogen (secondary N) is 1. The maximum Gasteiger partial charge on any atom is 0.352 e. The number of carbonyl (C=O) groups is 3. The van der Waals surface area contributed by atoms with E-state index < -0.39 is 12.0 Å². The van der Waals surface area contributed by atoms with E-state index in [-0.39, 0.29) is 17.0 Å². The van der Waals surface area contributed by atoms with Crippen molar-refractivity contribution in [1.82, 2.24) is 14.9 Å². The molecule has 22 heavy (non-hydrogen) atoms. The number of aryl methyl sites for hydroxylation is 1. The second kappa shape index (κ2) is 5.48. The highest BCUT2D eigenvalue weighted by Gasteiger charge is 2.53. The van der Waals surface area contributed by atoms with Gasteiger partial charge in [-0.05, 0) is 5.57 Å². The number of carbonyl (C=O) groups excluding carboxylic acids is 2. The minimum absolute atomic E-state index is 0.0337. The van der Waals surface area contributed by atoms with E-state index in [4.69, 9.17) is 0 Å². The van der Waals surface area contributed by atoms with Gasteiger partial charge in [0.25, 0.3) is 5.91 Å². The van der Waals surface area contributed by atoms with Gasteiger partial charge in [0.1, 0.15) is 23.7 Å². The fourth-order valence-electron chi connectivity index (χ4n) is 2.71. The highest BCUT2D eigenvalue weighted by molar-refractivity contribution is 8.00. The van der Waals surface area contributed by atoms with Crippen molar-refractivity contribution in [1.29, 1.82) is 0 Å². The van der Waals surface area contributed by atoms with E-state index in [9.17, 15) is 19.5 Å². The Morgan fingerprint density at radius 1 is 1.64 bits per heavy atom. The number of aromatic nitrogens is 2. The Bertz CT molecular complexity index is 683. The number of amides is 2. The van der Waals surface area contributed by atoms with Crippen molar-refractivity contribution in [3.8, 4) is 0 Å². The predicted octanol–water partition coefficient (Wildman–Crippen LogP) is -1.32. The van der Waals surface area contributed by atoms with Crippen LogP contribution in [0.3, 0.4) is 0 Å². The van der Waals surface area contributed by atoms with E-state index in [1.807, 2.05) is 34.9 Å². The van der Waals surface area contributed by atoms with E-state index in [0.717, 1.165) is 0 Å². The summed E-state index contributed by atoms with van der Waals surface area (Å²) in [7, 11) is 1.86. The quantitative estimate of drug-likeness (QED) is 0.398. The molecule has 2 aliphatic rings. The van der Waals surface area contributed by atoms with Crippen molar-refractivity contribution >= 4 is 30.0 Å². The summed E-state index contributed by atoms with van der Waals surface area (Å²) in [4.78, 5) is 35.5. The molecule has 3 heterocycles. The van der Waals surface area contributed by atoms with Crippen molar-refractivity contribution in [3.05, 3.63) is 29.7 Å². The van der Waals surface area contributed by atoms with Gasteiger partial charge in [0, 0.05) is 11.8 Å². The van der Waals surface area contributed by atoms with Crippen molar-refractivity contribution in [3.63, 3.8) is 0 Å². The van der Waals surface area contributed by atoms with E-state index in [1.165, 1.54) is 16.7 Å². The Kier molecular flexibility index (Phi) is 3.65. The minimum atomic E-state index is -1.12. The number of nitrogens with zero attached hydrogens (tertiary/aromatic N) is 3. The van der Waals surface area contributed by atoms with Crippen LogP contribution >= 0.6 is 11.8 Å². The standard InChI is InChI=1S/C13H14N4O4S/c1-15-3-2-4-16(15)5-8-6-22-12-9(14-7-18)11(19)17(12)10(8)13(20)21/h2-4,7,9,12H,5-6H2,1H3,(H-,14,18,20,21)/p+1/t9-,12-/m1/s1. The van der Waals surface area contributed by atoms with Gasteiger partial charge in [-0.25, -0.2) is 4.79 Å². The molecule has 1 fully saturated rings. The number of carboxylic acids is 1. The lowest BCUT2D eigenvalue weighted by Crippen LogP contribution is -2.69. The van der Waals surface area contributed by atoms with Crippen molar-refractivity contribution in [2.75, 3.05) is 5.75 Å². The maximum atomic E-state index is 12.1. The lowest BCUT2D eigenvalue weighted by Gasteiger charge is -2.49. The van der Waals surface area contributed by atoms with E-state index in [0.29, 0.717) is 24.3 Å². The average molecular weight is 323 g/mol. The SMILES string of the molecule is C[n+]1cccn1CC1=C(C(=O)O)N2C(=O)[C@@H](NC=O)[C@H]2SC1. The molecule has 2 atom stereocenters. The average Bonchev–Trinajstić information content (AvgIpc) is 2.89. The number of thioether (sulfide) groups is 1. The summed E-state index contributed by atoms with van der Waals surface area (Å²) < 4.78 is 3.71. The monoisotopic (exact) mass is 323 g/mol. The van der Waals surface area contributed by atoms with Crippen LogP contribution < -0.4 is 10.00 Å². The van der Waals surface area contributed by atoms with Gasteiger partial charge in [-0.3, -0.25) is 14.5 Å². The molecular formula is C13H15N4O4S+. The first-order chi connectivity index (χ1) is 10.5. The Labute approximate surface area is 130 Å². The molecule has 0 unspecified atom stereocenters. The molecule has 0 bridgehead atoms. The van der Waals surface area contributed by atoms with Crippen molar-refractivity contribution in [2.24, 2.45) is 7.05 Å². The first-order valence-electron chi connectivity index (χ1n) is 6.65. The number of aliphatic carboxylic acids is 1. The summed E-state index contributed by atoms with van der Waals surface area (Å²) in [5.41, 5.74) is 0.713. The number of β-lactam (4-membered cyclic amide) rings is 1. The van der Waals surface area contributed by atoms with Crippen LogP contribution in [0.15, 0.2) is 29.7 Å². The zero-order valence-corrected chi connectivity index (χ0v) is 12.6. The molecule has 0 radical (unpaired) electrons. The largest absolute Gasteiger partial charge is 0.477 e. The Balaban J connectivity index is 1.91. The van der Waals surface area contributed by atoms with E-state index in [1.54, 1.807) is 0 Å². The van der Waals surface area contributed by atoms with Crippen LogP contribution in [-0.2, 0) is 28.0 Å². The molecule has 2 N–H and O–H groups in total. The second-order valence-electron chi connectivity index (χ2n) is 5.09. The summed E-state index contributed by atoms with van der Waals surface area (Å²) >= 11 is 1.46. The molecule has 1 saturated heterocycles. The number of hydrogen-bond acceptors (Lipinski definition) is 4. The first-order valence-corrected chi connectivity index (χ1v) is 7.70. The van der Waals surface area contributed by atoms with Gasteiger partial charge in [0.05, 0.1) is 6.20 Å². The molecule has 116 valence electrons. The summed E-state index contributed by atoms with van der Waals surface area (Å²) in [5.74, 6) is -0.991. The smallest absolute Gasteiger partial charge is 0.352 e. The Morgan fingerprint density at radius 3 is 3.00 bits per heavy atom. The second-order valence-corrected chi connectivity index (χ2v) is 6.20. The molecule has 1 aromatic rings. The number of rotatable bonds is 5. The predicted molar refractivity (Wildman–Crippen MR) is 76.3 cm³/mol. The Hall–Kier alpha value is -2.29. The maximum absolute atomic E-state index is 12.1. The van der Waals surface area contributed by atoms with Crippen LogP contribution in [0.4, 0.5) is 0 Å². The zero-order chi connectivity index (χ0) is 15.9. The lowest BCUT2D eigenvalue weighted by molar-refractivity contribution is -0.752. The van der Waals surface area contributed by atoms with Crippen LogP contribution in [0.2, 0.25) is 0 Å². The third-order valence-corrected chi connectivity index (χ3v) is 5.16. The molecule has 9 heteroatoms. The molecule has 8 nitrogen and oxygen atoms in total. The molecule has 2 amide bonds. The third kappa shape index (κ3) is 2.17. The topological polar surface area (TPSA) is 95.5 Å². The van der Waals surface area contributed by atoms with Crippen molar-refractivity contribution < 1.29 is 24.2 Å². The number of hydrogen-bond donors (Lipinski definition) is 2. The van der Waals surface area contributed by atoms with Gasteiger partial charge in [-0.2, -0.15) is 4.68 Å². The summed E-state index contributed by atoms with van der Waals surface area (Å²) in [6, 6.07) is 1.22. The van der Waals surface area contributed by atoms with Crippen LogP contribution in [-0.4, -0.2) is 50.1 Å². The fraction of sp³-hybridized carbons (Fsp3) is 0.385. The third-order valence-electron chi connectivity index (χ3n) is 3.82. The molecule has 2 aliphatic heterocycles. The van der Waals surface area contributed by atoms with Gasteiger partial charge in [-0.1, -0.05) is 0 Å². The highest BCUT2D eigenvalue weighted by Crippen LogP contribution is 2.40. The van der Waals surface area contributed by atoms with Gasteiger partial charge in [0.15, 0.2) is 13.2 Å². The fourth-order valence-corrected chi connectivity index (χ4v) is 4.06. The lowest BCUT2D eigenvalue weighted by atomic mass is 10.0. The molecule has 0 saturated carbocycles. The summed E-state index contributed by atoms with van der Waals surface area (Å²) in [5, 5.41) is 11.6. The van der Waals surface area contributed by atoms with Crippen LogP contribution in [0, 0.1) is 0 Å². The molecule has 0 spiro atoms. The van der Waals surface area contributed by atoms with Crippen molar-refractivity contribution in [2.45, 2.75) is 18.0 Å². The minimum Gasteiger partial charge on any atom is -0.477 e. The Morgan fingerprint density at radius 2 is 2.41 bits per heavy atom. The molecule has 0 aliphatic carbocycles. The van der Waals surface area contributed by atoms with Gasteiger partial charge < -0.3 is 10.4 Å². The molecule has 1 aromatic heterocycles. The van der Waals surface area contributed by atoms with Gasteiger partial charge in [-0.15, -0.1) is 16.4 Å².